The summed E-state index contributed by atoms with van der Waals surface area (Å²) in [4.78, 5) is 12.8. The van der Waals surface area contributed by atoms with Crippen LogP contribution in [0.25, 0.3) is 10.9 Å². The summed E-state index contributed by atoms with van der Waals surface area (Å²) >= 11 is 0. The molecule has 1 N–H and O–H groups in total. The standard InChI is InChI=1S/C27H28N2O2/c1-19-20(2)29(18-21-9-5-4-6-10-21)25-14-13-23(17-24(19)25)27(30)28-16-15-22-11-7-8-12-26(22)31-3/h4-14,17H,15-16,18H2,1-3H3,(H,28,30). The molecule has 4 nitrogen and oxygen atoms in total. The molecule has 3 aromatic carbocycles. The van der Waals surface area contributed by atoms with Crippen LogP contribution in [-0.4, -0.2) is 24.1 Å². The number of rotatable bonds is 7. The average Bonchev–Trinajstić information content (AvgIpc) is 3.04. The van der Waals surface area contributed by atoms with Gasteiger partial charge >= 0.3 is 0 Å². The number of fused-ring (bicyclic) bond motifs is 1. The molecule has 4 rings (SSSR count). The zero-order valence-electron chi connectivity index (χ0n) is 18.3. The lowest BCUT2D eigenvalue weighted by Gasteiger charge is -2.10. The van der Waals surface area contributed by atoms with E-state index in [4.69, 9.17) is 4.74 Å². The molecule has 0 saturated heterocycles. The first-order valence-electron chi connectivity index (χ1n) is 10.6. The van der Waals surface area contributed by atoms with E-state index in [0.717, 1.165) is 35.2 Å². The third-order valence-corrected chi connectivity index (χ3v) is 5.96. The molecule has 0 saturated carbocycles. The van der Waals surface area contributed by atoms with Crippen LogP contribution in [0, 0.1) is 13.8 Å². The molecule has 0 bridgehead atoms. The monoisotopic (exact) mass is 412 g/mol. The minimum absolute atomic E-state index is 0.0512. The maximum Gasteiger partial charge on any atom is 0.251 e. The molecule has 1 aromatic heterocycles. The minimum atomic E-state index is -0.0512. The average molecular weight is 413 g/mol. The number of methoxy groups -OCH3 is 1. The second kappa shape index (κ2) is 9.09. The van der Waals surface area contributed by atoms with Crippen molar-refractivity contribution < 1.29 is 9.53 Å². The molecular formula is C27H28N2O2. The van der Waals surface area contributed by atoms with Gasteiger partial charge in [0.2, 0.25) is 0 Å². The van der Waals surface area contributed by atoms with E-state index in [1.807, 2.05) is 42.5 Å². The van der Waals surface area contributed by atoms with Gasteiger partial charge in [0.1, 0.15) is 5.75 Å². The molecule has 4 heteroatoms. The van der Waals surface area contributed by atoms with Gasteiger partial charge in [-0.2, -0.15) is 0 Å². The zero-order valence-corrected chi connectivity index (χ0v) is 18.3. The third kappa shape index (κ3) is 4.33. The lowest BCUT2D eigenvalue weighted by Crippen LogP contribution is -2.25. The molecule has 0 unspecified atom stereocenters. The van der Waals surface area contributed by atoms with E-state index in [1.165, 1.54) is 16.8 Å². The number of ether oxygens (including phenoxy) is 1. The highest BCUT2D eigenvalue weighted by molar-refractivity contribution is 5.99. The van der Waals surface area contributed by atoms with E-state index < -0.39 is 0 Å². The van der Waals surface area contributed by atoms with Gasteiger partial charge in [-0.05, 0) is 61.2 Å². The lowest BCUT2D eigenvalue weighted by molar-refractivity contribution is 0.0954. The Bertz CT molecular complexity index is 1210. The van der Waals surface area contributed by atoms with Crippen LogP contribution in [0.3, 0.4) is 0 Å². The van der Waals surface area contributed by atoms with Crippen molar-refractivity contribution in [3.63, 3.8) is 0 Å². The number of aryl methyl sites for hydroxylation is 1. The number of carbonyl (C=O) groups excluding carboxylic acids is 1. The van der Waals surface area contributed by atoms with E-state index in [9.17, 15) is 4.79 Å². The number of para-hydroxylation sites is 1. The van der Waals surface area contributed by atoms with Crippen LogP contribution in [0.2, 0.25) is 0 Å². The van der Waals surface area contributed by atoms with Gasteiger partial charge in [-0.25, -0.2) is 0 Å². The lowest BCUT2D eigenvalue weighted by atomic mass is 10.1. The highest BCUT2D eigenvalue weighted by atomic mass is 16.5. The van der Waals surface area contributed by atoms with Gasteiger partial charge in [0.15, 0.2) is 0 Å². The summed E-state index contributed by atoms with van der Waals surface area (Å²) in [6.07, 6.45) is 0.726. The molecular weight excluding hydrogens is 384 g/mol. The molecule has 31 heavy (non-hydrogen) atoms. The van der Waals surface area contributed by atoms with Crippen molar-refractivity contribution in [3.05, 3.63) is 101 Å². The first-order chi connectivity index (χ1) is 15.1. The van der Waals surface area contributed by atoms with Crippen LogP contribution in [-0.2, 0) is 13.0 Å². The Balaban J connectivity index is 1.51. The fourth-order valence-corrected chi connectivity index (χ4v) is 4.08. The Hall–Kier alpha value is -3.53. The topological polar surface area (TPSA) is 43.3 Å². The van der Waals surface area contributed by atoms with Gasteiger partial charge in [0.25, 0.3) is 5.91 Å². The predicted octanol–water partition coefficient (Wildman–Crippen LogP) is 5.29. The Morgan fingerprint density at radius 1 is 0.968 bits per heavy atom. The Morgan fingerprint density at radius 2 is 1.71 bits per heavy atom. The summed E-state index contributed by atoms with van der Waals surface area (Å²) < 4.78 is 7.71. The van der Waals surface area contributed by atoms with Crippen molar-refractivity contribution in [2.75, 3.05) is 13.7 Å². The Kier molecular flexibility index (Phi) is 6.08. The van der Waals surface area contributed by atoms with Crippen molar-refractivity contribution in [1.82, 2.24) is 9.88 Å². The normalized spacial score (nSPS) is 10.9. The van der Waals surface area contributed by atoms with E-state index >= 15 is 0 Å². The molecule has 4 aromatic rings. The predicted molar refractivity (Wildman–Crippen MR) is 126 cm³/mol. The summed E-state index contributed by atoms with van der Waals surface area (Å²) in [6, 6.07) is 24.3. The van der Waals surface area contributed by atoms with Crippen LogP contribution in [0.1, 0.15) is 32.7 Å². The van der Waals surface area contributed by atoms with Gasteiger partial charge in [0, 0.05) is 35.2 Å². The van der Waals surface area contributed by atoms with Crippen LogP contribution >= 0.6 is 0 Å². The number of nitrogens with zero attached hydrogens (tertiary/aromatic N) is 1. The fourth-order valence-electron chi connectivity index (χ4n) is 4.08. The first-order valence-corrected chi connectivity index (χ1v) is 10.6. The van der Waals surface area contributed by atoms with Crippen molar-refractivity contribution in [3.8, 4) is 5.75 Å². The van der Waals surface area contributed by atoms with Gasteiger partial charge in [-0.3, -0.25) is 4.79 Å². The quantitative estimate of drug-likeness (QED) is 0.448. The van der Waals surface area contributed by atoms with E-state index in [-0.39, 0.29) is 5.91 Å². The summed E-state index contributed by atoms with van der Waals surface area (Å²) in [5.41, 5.74) is 6.64. The number of carbonyl (C=O) groups is 1. The van der Waals surface area contributed by atoms with Crippen LogP contribution in [0.5, 0.6) is 5.75 Å². The number of aromatic nitrogens is 1. The van der Waals surface area contributed by atoms with Gasteiger partial charge < -0.3 is 14.6 Å². The fraction of sp³-hybridized carbons (Fsp3) is 0.222. The summed E-state index contributed by atoms with van der Waals surface area (Å²) in [7, 11) is 1.67. The van der Waals surface area contributed by atoms with Crippen LogP contribution in [0.4, 0.5) is 0 Å². The van der Waals surface area contributed by atoms with Crippen molar-refractivity contribution in [2.24, 2.45) is 0 Å². The van der Waals surface area contributed by atoms with E-state index in [0.29, 0.717) is 12.1 Å². The molecule has 0 radical (unpaired) electrons. The molecule has 0 atom stereocenters. The molecule has 1 heterocycles. The summed E-state index contributed by atoms with van der Waals surface area (Å²) in [6.45, 7) is 5.65. The van der Waals surface area contributed by atoms with Gasteiger partial charge in [-0.1, -0.05) is 48.5 Å². The SMILES string of the molecule is COc1ccccc1CCNC(=O)c1ccc2c(c1)c(C)c(C)n2Cc1ccccc1. The highest BCUT2D eigenvalue weighted by Crippen LogP contribution is 2.27. The third-order valence-electron chi connectivity index (χ3n) is 5.96. The van der Waals surface area contributed by atoms with Crippen molar-refractivity contribution in [2.45, 2.75) is 26.8 Å². The van der Waals surface area contributed by atoms with Gasteiger partial charge in [0.05, 0.1) is 7.11 Å². The molecule has 1 amide bonds. The highest BCUT2D eigenvalue weighted by Gasteiger charge is 2.14. The number of benzene rings is 3. The molecule has 0 fully saturated rings. The Labute approximate surface area is 183 Å². The van der Waals surface area contributed by atoms with Gasteiger partial charge in [-0.15, -0.1) is 0 Å². The number of amides is 1. The second-order valence-electron chi connectivity index (χ2n) is 7.83. The minimum Gasteiger partial charge on any atom is -0.496 e. The second-order valence-corrected chi connectivity index (χ2v) is 7.83. The maximum absolute atomic E-state index is 12.8. The molecule has 0 aliphatic rings. The molecule has 0 aliphatic heterocycles. The Morgan fingerprint density at radius 3 is 2.48 bits per heavy atom. The van der Waals surface area contributed by atoms with Crippen LogP contribution in [0.15, 0.2) is 72.8 Å². The maximum atomic E-state index is 12.8. The molecule has 0 aliphatic carbocycles. The zero-order chi connectivity index (χ0) is 21.8. The number of nitrogens with one attached hydrogen (secondary N) is 1. The largest absolute Gasteiger partial charge is 0.496 e. The van der Waals surface area contributed by atoms with E-state index in [1.54, 1.807) is 7.11 Å². The number of hydrogen-bond donors (Lipinski definition) is 1. The summed E-state index contributed by atoms with van der Waals surface area (Å²) in [5, 5.41) is 4.17. The van der Waals surface area contributed by atoms with E-state index in [2.05, 4.69) is 54.1 Å². The summed E-state index contributed by atoms with van der Waals surface area (Å²) in [5.74, 6) is 0.800. The van der Waals surface area contributed by atoms with Crippen molar-refractivity contribution in [1.29, 1.82) is 0 Å². The van der Waals surface area contributed by atoms with Crippen LogP contribution < -0.4 is 10.1 Å². The first kappa shape index (κ1) is 20.7. The smallest absolute Gasteiger partial charge is 0.251 e. The number of hydrogen-bond acceptors (Lipinski definition) is 2. The molecule has 0 spiro atoms. The molecule has 158 valence electrons. The van der Waals surface area contributed by atoms with Crippen molar-refractivity contribution >= 4 is 16.8 Å².